The number of rotatable bonds is 3. The van der Waals surface area contributed by atoms with Gasteiger partial charge in [0.05, 0.1) is 0 Å². The molecule has 0 spiro atoms. The van der Waals surface area contributed by atoms with E-state index in [1.807, 2.05) is 19.2 Å². The van der Waals surface area contributed by atoms with Crippen LogP contribution in [0.3, 0.4) is 0 Å². The highest BCUT2D eigenvalue weighted by molar-refractivity contribution is 5.22. The smallest absolute Gasteiger partial charge is 0.127 e. The summed E-state index contributed by atoms with van der Waals surface area (Å²) >= 11 is 0. The van der Waals surface area contributed by atoms with Gasteiger partial charge in [0.1, 0.15) is 5.82 Å². The molecule has 1 fully saturated rings. The lowest BCUT2D eigenvalue weighted by Gasteiger charge is -2.35. The Bertz CT molecular complexity index is 310. The van der Waals surface area contributed by atoms with Crippen molar-refractivity contribution in [3.8, 4) is 0 Å². The Balaban J connectivity index is 2.22. The third kappa shape index (κ3) is 1.65. The molecule has 76 valence electrons. The van der Waals surface area contributed by atoms with Crippen LogP contribution in [0.15, 0.2) is 24.3 Å². The van der Waals surface area contributed by atoms with Crippen molar-refractivity contribution in [1.82, 2.24) is 10.6 Å². The number of halogens is 1. The van der Waals surface area contributed by atoms with Crippen LogP contribution in [0.2, 0.25) is 0 Å². The second kappa shape index (κ2) is 4.07. The maximum atomic E-state index is 13.5. The lowest BCUT2D eigenvalue weighted by molar-refractivity contribution is 0.263. The van der Waals surface area contributed by atoms with E-state index in [-0.39, 0.29) is 11.9 Å². The Kier molecular flexibility index (Phi) is 2.79. The first kappa shape index (κ1) is 9.62. The predicted molar refractivity (Wildman–Crippen MR) is 54.6 cm³/mol. The molecular weight excluding hydrogens is 179 g/mol. The van der Waals surface area contributed by atoms with E-state index < -0.39 is 0 Å². The van der Waals surface area contributed by atoms with Crippen LogP contribution in [0.4, 0.5) is 4.39 Å². The van der Waals surface area contributed by atoms with Gasteiger partial charge in [0.15, 0.2) is 0 Å². The first-order valence-electron chi connectivity index (χ1n) is 4.95. The van der Waals surface area contributed by atoms with Crippen LogP contribution in [0, 0.1) is 11.7 Å². The summed E-state index contributed by atoms with van der Waals surface area (Å²) in [6.07, 6.45) is 0. The van der Waals surface area contributed by atoms with Gasteiger partial charge in [0.25, 0.3) is 0 Å². The molecule has 1 aromatic carbocycles. The lowest BCUT2D eigenvalue weighted by Crippen LogP contribution is -2.48. The number of nitrogens with one attached hydrogen (secondary N) is 2. The number of hydrogen-bond acceptors (Lipinski definition) is 2. The maximum Gasteiger partial charge on any atom is 0.127 e. The van der Waals surface area contributed by atoms with Gasteiger partial charge in [-0.1, -0.05) is 18.2 Å². The fourth-order valence-electron chi connectivity index (χ4n) is 1.92. The Hall–Kier alpha value is -0.930. The average molecular weight is 194 g/mol. The molecule has 2 N–H and O–H groups in total. The largest absolute Gasteiger partial charge is 0.316 e. The van der Waals surface area contributed by atoms with Crippen molar-refractivity contribution >= 4 is 0 Å². The first-order chi connectivity index (χ1) is 6.83. The predicted octanol–water partition coefficient (Wildman–Crippen LogP) is 1.31. The summed E-state index contributed by atoms with van der Waals surface area (Å²) in [7, 11) is 1.88. The van der Waals surface area contributed by atoms with Crippen molar-refractivity contribution in [2.24, 2.45) is 5.92 Å². The van der Waals surface area contributed by atoms with E-state index in [1.54, 1.807) is 6.07 Å². The van der Waals surface area contributed by atoms with Gasteiger partial charge < -0.3 is 10.6 Å². The zero-order valence-electron chi connectivity index (χ0n) is 8.26. The van der Waals surface area contributed by atoms with Crippen LogP contribution >= 0.6 is 0 Å². The third-order valence-corrected chi connectivity index (χ3v) is 2.84. The standard InChI is InChI=1S/C11H15FN2/c1-13-11(8-6-14-7-8)9-4-2-3-5-10(9)12/h2-5,8,11,13-14H,6-7H2,1H3. The Morgan fingerprint density at radius 2 is 2.14 bits per heavy atom. The molecule has 1 heterocycles. The second-order valence-corrected chi connectivity index (χ2v) is 3.71. The van der Waals surface area contributed by atoms with Crippen LogP contribution < -0.4 is 10.6 Å². The van der Waals surface area contributed by atoms with E-state index in [0.717, 1.165) is 18.7 Å². The van der Waals surface area contributed by atoms with E-state index in [0.29, 0.717) is 5.92 Å². The van der Waals surface area contributed by atoms with Gasteiger partial charge in [0.2, 0.25) is 0 Å². The molecule has 0 amide bonds. The van der Waals surface area contributed by atoms with Crippen molar-refractivity contribution in [3.05, 3.63) is 35.6 Å². The monoisotopic (exact) mass is 194 g/mol. The molecule has 1 saturated heterocycles. The number of benzene rings is 1. The highest BCUT2D eigenvalue weighted by Gasteiger charge is 2.28. The van der Waals surface area contributed by atoms with Crippen molar-refractivity contribution in [1.29, 1.82) is 0 Å². The first-order valence-corrected chi connectivity index (χ1v) is 4.95. The molecule has 1 aromatic rings. The zero-order chi connectivity index (χ0) is 9.97. The third-order valence-electron chi connectivity index (χ3n) is 2.84. The van der Waals surface area contributed by atoms with Crippen LogP contribution in [-0.2, 0) is 0 Å². The molecule has 1 aliphatic rings. The molecule has 3 heteroatoms. The summed E-state index contributed by atoms with van der Waals surface area (Å²) in [4.78, 5) is 0. The van der Waals surface area contributed by atoms with Crippen LogP contribution in [-0.4, -0.2) is 20.1 Å². The van der Waals surface area contributed by atoms with Crippen molar-refractivity contribution < 1.29 is 4.39 Å². The summed E-state index contributed by atoms with van der Waals surface area (Å²) in [5.74, 6) is 0.399. The minimum absolute atomic E-state index is 0.112. The Morgan fingerprint density at radius 1 is 1.43 bits per heavy atom. The van der Waals surface area contributed by atoms with Gasteiger partial charge in [-0.05, 0) is 13.1 Å². The van der Waals surface area contributed by atoms with E-state index in [1.165, 1.54) is 6.07 Å². The summed E-state index contributed by atoms with van der Waals surface area (Å²) in [5.41, 5.74) is 0.779. The van der Waals surface area contributed by atoms with Crippen LogP contribution in [0.25, 0.3) is 0 Å². The van der Waals surface area contributed by atoms with Gasteiger partial charge in [-0.3, -0.25) is 0 Å². The molecule has 0 bridgehead atoms. The summed E-state index contributed by atoms with van der Waals surface area (Å²) in [6, 6.07) is 7.12. The molecular formula is C11H15FN2. The van der Waals surface area contributed by atoms with E-state index in [4.69, 9.17) is 0 Å². The van der Waals surface area contributed by atoms with E-state index >= 15 is 0 Å². The average Bonchev–Trinajstić information content (AvgIpc) is 2.12. The highest BCUT2D eigenvalue weighted by Crippen LogP contribution is 2.26. The van der Waals surface area contributed by atoms with Gasteiger partial charge in [-0.2, -0.15) is 0 Å². The maximum absolute atomic E-state index is 13.5. The Morgan fingerprint density at radius 3 is 2.64 bits per heavy atom. The van der Waals surface area contributed by atoms with Gasteiger partial charge >= 0.3 is 0 Å². The van der Waals surface area contributed by atoms with Gasteiger partial charge in [-0.25, -0.2) is 4.39 Å². The minimum atomic E-state index is -0.112. The van der Waals surface area contributed by atoms with Crippen LogP contribution in [0.1, 0.15) is 11.6 Å². The van der Waals surface area contributed by atoms with Crippen molar-refractivity contribution in [3.63, 3.8) is 0 Å². The summed E-state index contributed by atoms with van der Waals surface area (Å²) < 4.78 is 13.5. The van der Waals surface area contributed by atoms with Crippen molar-refractivity contribution in [2.45, 2.75) is 6.04 Å². The second-order valence-electron chi connectivity index (χ2n) is 3.71. The minimum Gasteiger partial charge on any atom is -0.316 e. The summed E-state index contributed by atoms with van der Waals surface area (Å²) in [6.45, 7) is 1.94. The molecule has 0 aromatic heterocycles. The quantitative estimate of drug-likeness (QED) is 0.758. The SMILES string of the molecule is CNC(c1ccccc1F)C1CNC1. The molecule has 0 aliphatic carbocycles. The lowest BCUT2D eigenvalue weighted by atomic mass is 9.88. The zero-order valence-corrected chi connectivity index (χ0v) is 8.26. The molecule has 0 saturated carbocycles. The van der Waals surface area contributed by atoms with Crippen molar-refractivity contribution in [2.75, 3.05) is 20.1 Å². The van der Waals surface area contributed by atoms with Crippen LogP contribution in [0.5, 0.6) is 0 Å². The molecule has 2 nitrogen and oxygen atoms in total. The Labute approximate surface area is 83.5 Å². The van der Waals surface area contributed by atoms with Gasteiger partial charge in [0, 0.05) is 30.6 Å². The van der Waals surface area contributed by atoms with E-state index in [2.05, 4.69) is 10.6 Å². The highest BCUT2D eigenvalue weighted by atomic mass is 19.1. The fourth-order valence-corrected chi connectivity index (χ4v) is 1.92. The molecule has 14 heavy (non-hydrogen) atoms. The molecule has 1 atom stereocenters. The normalized spacial score (nSPS) is 19.0. The molecule has 1 unspecified atom stereocenters. The van der Waals surface area contributed by atoms with E-state index in [9.17, 15) is 4.39 Å². The molecule has 1 aliphatic heterocycles. The number of hydrogen-bond donors (Lipinski definition) is 2. The fraction of sp³-hybridized carbons (Fsp3) is 0.455. The van der Waals surface area contributed by atoms with Gasteiger partial charge in [-0.15, -0.1) is 0 Å². The summed E-state index contributed by atoms with van der Waals surface area (Å²) in [5, 5.41) is 6.38. The topological polar surface area (TPSA) is 24.1 Å². The molecule has 0 radical (unpaired) electrons. The molecule has 2 rings (SSSR count).